The zero-order valence-electron chi connectivity index (χ0n) is 8.77. The van der Waals surface area contributed by atoms with E-state index in [0.717, 1.165) is 5.56 Å². The Bertz CT molecular complexity index is 341. The number of pyridine rings is 1. The van der Waals surface area contributed by atoms with E-state index in [0.29, 0.717) is 12.3 Å². The second kappa shape index (κ2) is 5.31. The number of carbonyl (C=O) groups excluding carboxylic acids is 1. The Morgan fingerprint density at radius 3 is 2.93 bits per heavy atom. The largest absolute Gasteiger partial charge is 0.481 e. The maximum absolute atomic E-state index is 11.1. The third kappa shape index (κ3) is 2.92. The summed E-state index contributed by atoms with van der Waals surface area (Å²) in [7, 11) is 2.83. The van der Waals surface area contributed by atoms with E-state index in [-0.39, 0.29) is 0 Å². The minimum atomic E-state index is -0.687. The molecular weight excluding hydrogens is 196 g/mol. The van der Waals surface area contributed by atoms with E-state index in [4.69, 9.17) is 10.5 Å². The fourth-order valence-electron chi connectivity index (χ4n) is 1.23. The van der Waals surface area contributed by atoms with Gasteiger partial charge in [0.1, 0.15) is 6.04 Å². The van der Waals surface area contributed by atoms with Crippen molar-refractivity contribution >= 4 is 5.97 Å². The van der Waals surface area contributed by atoms with Gasteiger partial charge in [-0.1, -0.05) is 6.07 Å². The first-order valence-corrected chi connectivity index (χ1v) is 4.50. The lowest BCUT2D eigenvalue weighted by molar-refractivity contribution is -0.142. The van der Waals surface area contributed by atoms with E-state index >= 15 is 0 Å². The van der Waals surface area contributed by atoms with Crippen LogP contribution in [0.1, 0.15) is 5.56 Å². The predicted octanol–water partition coefficient (Wildman–Crippen LogP) is 0.133. The van der Waals surface area contributed by atoms with Gasteiger partial charge in [-0.3, -0.25) is 4.79 Å². The Labute approximate surface area is 88.2 Å². The molecule has 1 heterocycles. The van der Waals surface area contributed by atoms with E-state index in [1.807, 2.05) is 6.07 Å². The van der Waals surface area contributed by atoms with Crippen LogP contribution in [0, 0.1) is 0 Å². The summed E-state index contributed by atoms with van der Waals surface area (Å²) in [6, 6.07) is 2.89. The molecular formula is C10H14N2O3. The van der Waals surface area contributed by atoms with E-state index in [1.165, 1.54) is 14.2 Å². The van der Waals surface area contributed by atoms with Gasteiger partial charge in [0, 0.05) is 18.2 Å². The molecule has 0 aliphatic heterocycles. The molecule has 15 heavy (non-hydrogen) atoms. The molecule has 0 aliphatic rings. The predicted molar refractivity (Wildman–Crippen MR) is 54.5 cm³/mol. The number of nitrogens with two attached hydrogens (primary N) is 1. The molecule has 1 rings (SSSR count). The maximum atomic E-state index is 11.1. The van der Waals surface area contributed by atoms with Crippen LogP contribution in [0.15, 0.2) is 18.3 Å². The molecule has 0 aromatic carbocycles. The van der Waals surface area contributed by atoms with Gasteiger partial charge in [-0.25, -0.2) is 4.98 Å². The highest BCUT2D eigenvalue weighted by atomic mass is 16.5. The summed E-state index contributed by atoms with van der Waals surface area (Å²) in [6.07, 6.45) is 1.97. The number of rotatable bonds is 4. The monoisotopic (exact) mass is 210 g/mol. The normalized spacial score (nSPS) is 11.9. The lowest BCUT2D eigenvalue weighted by Crippen LogP contribution is -2.33. The lowest BCUT2D eigenvalue weighted by Gasteiger charge is -2.11. The summed E-state index contributed by atoms with van der Waals surface area (Å²) in [4.78, 5) is 15.1. The average molecular weight is 210 g/mol. The Hall–Kier alpha value is -1.62. The van der Waals surface area contributed by atoms with Crippen LogP contribution in [-0.4, -0.2) is 31.2 Å². The van der Waals surface area contributed by atoms with Crippen molar-refractivity contribution < 1.29 is 14.3 Å². The minimum absolute atomic E-state index is 0.351. The quantitative estimate of drug-likeness (QED) is 0.715. The Morgan fingerprint density at radius 1 is 1.60 bits per heavy atom. The maximum Gasteiger partial charge on any atom is 0.322 e. The number of esters is 1. The van der Waals surface area contributed by atoms with Gasteiger partial charge in [-0.2, -0.15) is 0 Å². The molecule has 1 aromatic rings. The summed E-state index contributed by atoms with van der Waals surface area (Å²) in [5, 5.41) is 0. The van der Waals surface area contributed by atoms with Crippen LogP contribution in [0.4, 0.5) is 0 Å². The zero-order chi connectivity index (χ0) is 11.3. The van der Waals surface area contributed by atoms with Gasteiger partial charge in [0.25, 0.3) is 0 Å². The van der Waals surface area contributed by atoms with Crippen LogP contribution in [-0.2, 0) is 16.0 Å². The first kappa shape index (κ1) is 11.5. The Morgan fingerprint density at radius 2 is 2.33 bits per heavy atom. The van der Waals surface area contributed by atoms with Crippen LogP contribution < -0.4 is 10.5 Å². The first-order chi connectivity index (χ1) is 7.19. The number of hydrogen-bond donors (Lipinski definition) is 1. The molecule has 0 saturated carbocycles. The molecule has 0 aliphatic carbocycles. The third-order valence-corrected chi connectivity index (χ3v) is 1.99. The second-order valence-electron chi connectivity index (χ2n) is 3.01. The van der Waals surface area contributed by atoms with Crippen molar-refractivity contribution in [1.82, 2.24) is 4.98 Å². The highest BCUT2D eigenvalue weighted by Gasteiger charge is 2.16. The van der Waals surface area contributed by atoms with Gasteiger partial charge >= 0.3 is 5.97 Å². The van der Waals surface area contributed by atoms with E-state index < -0.39 is 12.0 Å². The molecule has 1 unspecified atom stereocenters. The van der Waals surface area contributed by atoms with Crippen molar-refractivity contribution in [3.05, 3.63) is 23.9 Å². The average Bonchev–Trinajstić information content (AvgIpc) is 2.28. The number of ether oxygens (including phenoxy) is 2. The molecule has 0 saturated heterocycles. The van der Waals surface area contributed by atoms with Crippen molar-refractivity contribution in [2.75, 3.05) is 14.2 Å². The van der Waals surface area contributed by atoms with Gasteiger partial charge in [0.2, 0.25) is 5.88 Å². The van der Waals surface area contributed by atoms with E-state index in [2.05, 4.69) is 9.72 Å². The summed E-state index contributed by atoms with van der Waals surface area (Å²) in [6.45, 7) is 0. The Kier molecular flexibility index (Phi) is 4.05. The van der Waals surface area contributed by atoms with Crippen molar-refractivity contribution in [3.8, 4) is 5.88 Å². The van der Waals surface area contributed by atoms with Crippen molar-refractivity contribution in [2.24, 2.45) is 5.73 Å². The van der Waals surface area contributed by atoms with Crippen molar-refractivity contribution in [1.29, 1.82) is 0 Å². The molecule has 0 fully saturated rings. The Balaban J connectivity index is 2.75. The summed E-state index contributed by atoms with van der Waals surface area (Å²) in [5.74, 6) is 0.0396. The molecule has 0 radical (unpaired) electrons. The van der Waals surface area contributed by atoms with Crippen LogP contribution in [0.3, 0.4) is 0 Å². The van der Waals surface area contributed by atoms with Gasteiger partial charge in [0.05, 0.1) is 14.2 Å². The molecule has 0 bridgehead atoms. The fraction of sp³-hybridized carbons (Fsp3) is 0.400. The first-order valence-electron chi connectivity index (χ1n) is 4.50. The second-order valence-corrected chi connectivity index (χ2v) is 3.01. The SMILES string of the molecule is COC(=O)C(N)Cc1cccnc1OC. The summed E-state index contributed by atoms with van der Waals surface area (Å²) in [5.41, 5.74) is 6.42. The van der Waals surface area contributed by atoms with Crippen molar-refractivity contribution in [3.63, 3.8) is 0 Å². The third-order valence-electron chi connectivity index (χ3n) is 1.99. The molecule has 82 valence electrons. The van der Waals surface area contributed by atoms with E-state index in [1.54, 1.807) is 12.3 Å². The van der Waals surface area contributed by atoms with Crippen LogP contribution in [0.5, 0.6) is 5.88 Å². The fourth-order valence-corrected chi connectivity index (χ4v) is 1.23. The highest BCUT2D eigenvalue weighted by molar-refractivity contribution is 5.75. The molecule has 1 atom stereocenters. The zero-order valence-corrected chi connectivity index (χ0v) is 8.77. The number of carbonyl (C=O) groups is 1. The molecule has 5 nitrogen and oxygen atoms in total. The number of aromatic nitrogens is 1. The lowest BCUT2D eigenvalue weighted by atomic mass is 10.1. The smallest absolute Gasteiger partial charge is 0.322 e. The minimum Gasteiger partial charge on any atom is -0.481 e. The molecule has 1 aromatic heterocycles. The van der Waals surface area contributed by atoms with Gasteiger partial charge in [-0.15, -0.1) is 0 Å². The number of nitrogens with zero attached hydrogens (tertiary/aromatic N) is 1. The molecule has 2 N–H and O–H groups in total. The van der Waals surface area contributed by atoms with Crippen LogP contribution in [0.25, 0.3) is 0 Å². The van der Waals surface area contributed by atoms with Gasteiger partial charge in [0.15, 0.2) is 0 Å². The molecule has 5 heteroatoms. The van der Waals surface area contributed by atoms with Crippen molar-refractivity contribution in [2.45, 2.75) is 12.5 Å². The van der Waals surface area contributed by atoms with Gasteiger partial charge in [-0.05, 0) is 6.07 Å². The van der Waals surface area contributed by atoms with Gasteiger partial charge < -0.3 is 15.2 Å². The molecule has 0 spiro atoms. The van der Waals surface area contributed by atoms with Crippen LogP contribution >= 0.6 is 0 Å². The topological polar surface area (TPSA) is 74.4 Å². The van der Waals surface area contributed by atoms with E-state index in [9.17, 15) is 4.79 Å². The summed E-state index contributed by atoms with van der Waals surface area (Å²) >= 11 is 0. The standard InChI is InChI=1S/C10H14N2O3/c1-14-9-7(4-3-5-12-9)6-8(11)10(13)15-2/h3-5,8H,6,11H2,1-2H3. The van der Waals surface area contributed by atoms with Crippen LogP contribution in [0.2, 0.25) is 0 Å². The molecule has 0 amide bonds. The number of hydrogen-bond acceptors (Lipinski definition) is 5. The number of methoxy groups -OCH3 is 2. The summed E-state index contributed by atoms with van der Waals surface area (Å²) < 4.78 is 9.57. The highest BCUT2D eigenvalue weighted by Crippen LogP contribution is 2.15.